The second kappa shape index (κ2) is 9.96. The number of hydrogen-bond donors (Lipinski definition) is 0. The van der Waals surface area contributed by atoms with Crippen molar-refractivity contribution in [3.8, 4) is 11.1 Å². The van der Waals surface area contributed by atoms with Gasteiger partial charge < -0.3 is 4.90 Å². The van der Waals surface area contributed by atoms with Crippen molar-refractivity contribution in [2.24, 2.45) is 0 Å². The standard InChI is InChI=1S/C35H35N5O/c1-35(2,3)39-18-16-38(17-19-39)29-8-10-30(11-9-29)40-33(41)13-7-27-23-37-32-12-6-26(21-31(32)34(27)40)25-5-4-24-14-15-36-22-28(24)20-25/h4-8,10,12-15,20-23H,9,11,16-19H2,1-3H3. The zero-order valence-corrected chi connectivity index (χ0v) is 24.0. The summed E-state index contributed by atoms with van der Waals surface area (Å²) in [6, 6.07) is 18.4. The van der Waals surface area contributed by atoms with E-state index in [1.807, 2.05) is 35.3 Å². The molecule has 0 spiro atoms. The van der Waals surface area contributed by atoms with Gasteiger partial charge in [0.2, 0.25) is 0 Å². The minimum absolute atomic E-state index is 0.00549. The maximum absolute atomic E-state index is 13.4. The predicted octanol–water partition coefficient (Wildman–Crippen LogP) is 6.70. The van der Waals surface area contributed by atoms with Crippen LogP contribution in [0.5, 0.6) is 0 Å². The normalized spacial score (nSPS) is 16.8. The van der Waals surface area contributed by atoms with Crippen molar-refractivity contribution < 1.29 is 0 Å². The molecule has 0 radical (unpaired) electrons. The second-order valence-corrected chi connectivity index (χ2v) is 12.2. The molecule has 206 valence electrons. The summed E-state index contributed by atoms with van der Waals surface area (Å²) in [6.07, 6.45) is 11.7. The van der Waals surface area contributed by atoms with E-state index >= 15 is 0 Å². The van der Waals surface area contributed by atoms with Crippen LogP contribution in [0, 0.1) is 0 Å². The molecule has 41 heavy (non-hydrogen) atoms. The van der Waals surface area contributed by atoms with Gasteiger partial charge in [0.15, 0.2) is 0 Å². The molecule has 2 aliphatic rings. The Hall–Kier alpha value is -4.29. The molecule has 0 atom stereocenters. The number of nitrogens with zero attached hydrogens (tertiary/aromatic N) is 5. The maximum Gasteiger partial charge on any atom is 0.255 e. The minimum atomic E-state index is -0.00549. The van der Waals surface area contributed by atoms with E-state index in [0.717, 1.165) is 83.0 Å². The van der Waals surface area contributed by atoms with Crippen LogP contribution in [0.1, 0.15) is 33.6 Å². The Kier molecular flexibility index (Phi) is 6.24. The van der Waals surface area contributed by atoms with Crippen LogP contribution in [0.3, 0.4) is 0 Å². The summed E-state index contributed by atoms with van der Waals surface area (Å²) in [6.45, 7) is 11.1. The lowest BCUT2D eigenvalue weighted by Crippen LogP contribution is -2.53. The predicted molar refractivity (Wildman–Crippen MR) is 169 cm³/mol. The van der Waals surface area contributed by atoms with E-state index in [2.05, 4.69) is 84.1 Å². The molecular formula is C35H35N5O. The molecule has 3 aromatic heterocycles. The van der Waals surface area contributed by atoms with Crippen LogP contribution in [0.4, 0.5) is 0 Å². The fraction of sp³-hybridized carbons (Fsp3) is 0.286. The van der Waals surface area contributed by atoms with Crippen LogP contribution >= 0.6 is 0 Å². The fourth-order valence-corrected chi connectivity index (χ4v) is 6.37. The zero-order chi connectivity index (χ0) is 28.1. The lowest BCUT2D eigenvalue weighted by atomic mass is 9.99. The molecule has 0 bridgehead atoms. The number of pyridine rings is 3. The second-order valence-electron chi connectivity index (χ2n) is 12.2. The highest BCUT2D eigenvalue weighted by molar-refractivity contribution is 6.06. The van der Waals surface area contributed by atoms with Gasteiger partial charge in [-0.1, -0.05) is 18.2 Å². The van der Waals surface area contributed by atoms with Gasteiger partial charge in [-0.25, -0.2) is 0 Å². The van der Waals surface area contributed by atoms with Gasteiger partial charge >= 0.3 is 0 Å². The van der Waals surface area contributed by atoms with Crippen molar-refractivity contribution in [3.05, 3.63) is 101 Å². The van der Waals surface area contributed by atoms with Crippen LogP contribution in [-0.2, 0) is 0 Å². The van der Waals surface area contributed by atoms with Crippen LogP contribution in [-0.4, -0.2) is 56.1 Å². The number of aromatic nitrogens is 3. The van der Waals surface area contributed by atoms with Crippen molar-refractivity contribution in [2.75, 3.05) is 26.2 Å². The number of piperazine rings is 1. The van der Waals surface area contributed by atoms with Crippen molar-refractivity contribution >= 4 is 38.3 Å². The van der Waals surface area contributed by atoms with Gasteiger partial charge in [-0.2, -0.15) is 0 Å². The van der Waals surface area contributed by atoms with Gasteiger partial charge in [-0.3, -0.25) is 24.2 Å². The van der Waals surface area contributed by atoms with E-state index < -0.39 is 0 Å². The number of hydrogen-bond acceptors (Lipinski definition) is 5. The van der Waals surface area contributed by atoms with E-state index in [4.69, 9.17) is 4.98 Å². The van der Waals surface area contributed by atoms with Gasteiger partial charge in [-0.05, 0) is 92.6 Å². The Morgan fingerprint density at radius 2 is 1.46 bits per heavy atom. The number of benzene rings is 2. The van der Waals surface area contributed by atoms with Crippen molar-refractivity contribution in [2.45, 2.75) is 39.2 Å². The molecule has 6 heteroatoms. The van der Waals surface area contributed by atoms with Gasteiger partial charge in [0, 0.05) is 83.9 Å². The first-order valence-corrected chi connectivity index (χ1v) is 14.5. The Labute approximate surface area is 240 Å². The summed E-state index contributed by atoms with van der Waals surface area (Å²) in [5.41, 5.74) is 6.62. The first kappa shape index (κ1) is 25.7. The molecule has 1 saturated heterocycles. The first-order valence-electron chi connectivity index (χ1n) is 14.5. The molecule has 0 amide bonds. The van der Waals surface area contributed by atoms with Gasteiger partial charge in [0.05, 0.1) is 11.0 Å². The Morgan fingerprint density at radius 1 is 0.732 bits per heavy atom. The van der Waals surface area contributed by atoms with Crippen LogP contribution in [0.15, 0.2) is 95.8 Å². The molecule has 2 aromatic carbocycles. The molecule has 7 rings (SSSR count). The van der Waals surface area contributed by atoms with Gasteiger partial charge in [0.1, 0.15) is 0 Å². The van der Waals surface area contributed by atoms with Gasteiger partial charge in [-0.15, -0.1) is 0 Å². The Bertz CT molecular complexity index is 1920. The summed E-state index contributed by atoms with van der Waals surface area (Å²) in [4.78, 5) is 27.6. The maximum atomic E-state index is 13.4. The van der Waals surface area contributed by atoms with E-state index in [-0.39, 0.29) is 11.1 Å². The van der Waals surface area contributed by atoms with Crippen molar-refractivity contribution in [1.29, 1.82) is 0 Å². The molecule has 6 nitrogen and oxygen atoms in total. The number of fused-ring (bicyclic) bond motifs is 4. The summed E-state index contributed by atoms with van der Waals surface area (Å²) in [5.74, 6) is 0. The Morgan fingerprint density at radius 3 is 2.24 bits per heavy atom. The molecule has 1 aliphatic carbocycles. The molecule has 0 N–H and O–H groups in total. The first-order chi connectivity index (χ1) is 19.8. The lowest BCUT2D eigenvalue weighted by molar-refractivity contribution is 0.0749. The van der Waals surface area contributed by atoms with Crippen molar-refractivity contribution in [3.63, 3.8) is 0 Å². The molecule has 1 fully saturated rings. The molecule has 0 unspecified atom stereocenters. The third-order valence-electron chi connectivity index (χ3n) is 8.72. The molecular weight excluding hydrogens is 506 g/mol. The Balaban J connectivity index is 1.29. The molecule has 4 heterocycles. The average Bonchev–Trinajstić information content (AvgIpc) is 3.00. The van der Waals surface area contributed by atoms with E-state index in [9.17, 15) is 4.79 Å². The molecule has 5 aromatic rings. The smallest absolute Gasteiger partial charge is 0.255 e. The minimum Gasteiger partial charge on any atom is -0.372 e. The largest absolute Gasteiger partial charge is 0.372 e. The van der Waals surface area contributed by atoms with E-state index in [1.54, 1.807) is 6.07 Å². The summed E-state index contributed by atoms with van der Waals surface area (Å²) in [7, 11) is 0. The summed E-state index contributed by atoms with van der Waals surface area (Å²) >= 11 is 0. The van der Waals surface area contributed by atoms with E-state index in [0.29, 0.717) is 0 Å². The van der Waals surface area contributed by atoms with Gasteiger partial charge in [0.25, 0.3) is 5.56 Å². The fourth-order valence-electron chi connectivity index (χ4n) is 6.37. The summed E-state index contributed by atoms with van der Waals surface area (Å²) < 4.78 is 1.91. The summed E-state index contributed by atoms with van der Waals surface area (Å²) in [5, 5.41) is 4.22. The molecule has 0 saturated carbocycles. The van der Waals surface area contributed by atoms with Crippen LogP contribution in [0.25, 0.3) is 49.4 Å². The monoisotopic (exact) mass is 541 g/mol. The number of allylic oxidation sites excluding steroid dienone is 4. The highest BCUT2D eigenvalue weighted by Gasteiger charge is 2.27. The number of rotatable bonds is 3. The lowest BCUT2D eigenvalue weighted by Gasteiger charge is -2.44. The highest BCUT2D eigenvalue weighted by Crippen LogP contribution is 2.33. The topological polar surface area (TPSA) is 54.3 Å². The van der Waals surface area contributed by atoms with Crippen molar-refractivity contribution in [1.82, 2.24) is 24.3 Å². The van der Waals surface area contributed by atoms with Crippen LogP contribution in [0.2, 0.25) is 0 Å². The third kappa shape index (κ3) is 4.72. The molecule has 1 aliphatic heterocycles. The van der Waals surface area contributed by atoms with Crippen LogP contribution < -0.4 is 5.56 Å². The van der Waals surface area contributed by atoms with E-state index in [1.165, 1.54) is 11.1 Å². The average molecular weight is 542 g/mol. The SMILES string of the molecule is CC(C)(C)N1CCN(C2=CC=C(n3c(=O)ccc4cnc5ccc(-c6ccc7ccncc7c6)cc5c43)CC2)CC1. The third-order valence-corrected chi connectivity index (χ3v) is 8.72. The highest BCUT2D eigenvalue weighted by atomic mass is 16.1. The quantitative estimate of drug-likeness (QED) is 0.238. The zero-order valence-electron chi connectivity index (χ0n) is 24.0.